The number of carbonyl (C=O) groups excluding carboxylic acids is 2. The summed E-state index contributed by atoms with van der Waals surface area (Å²) in [6.45, 7) is 0.0904. The number of ether oxygens (including phenoxy) is 2. The van der Waals surface area contributed by atoms with Crippen molar-refractivity contribution in [1.82, 2.24) is 0 Å². The maximum atomic E-state index is 12.9. The zero-order valence-corrected chi connectivity index (χ0v) is 15.8. The molecule has 5 nitrogen and oxygen atoms in total. The Labute approximate surface area is 164 Å². The van der Waals surface area contributed by atoms with E-state index in [1.54, 1.807) is 44.5 Å². The van der Waals surface area contributed by atoms with Crippen LogP contribution in [0.3, 0.4) is 0 Å². The molecule has 0 saturated carbocycles. The summed E-state index contributed by atoms with van der Waals surface area (Å²) >= 11 is 0. The molecule has 0 aromatic heterocycles. The number of amides is 1. The molecule has 0 aliphatic heterocycles. The number of benzene rings is 3. The minimum Gasteiger partial charge on any atom is -0.497 e. The van der Waals surface area contributed by atoms with Crippen LogP contribution in [0.1, 0.15) is 26.3 Å². The average molecular weight is 375 g/mol. The molecule has 0 radical (unpaired) electrons. The fourth-order valence-electron chi connectivity index (χ4n) is 2.79. The summed E-state index contributed by atoms with van der Waals surface area (Å²) in [5, 5.41) is 0. The van der Waals surface area contributed by atoms with Crippen LogP contribution >= 0.6 is 0 Å². The van der Waals surface area contributed by atoms with Crippen LogP contribution in [0.15, 0.2) is 78.9 Å². The van der Waals surface area contributed by atoms with Gasteiger partial charge in [0.2, 0.25) is 0 Å². The molecule has 0 fully saturated rings. The van der Waals surface area contributed by atoms with Gasteiger partial charge in [-0.25, -0.2) is 4.79 Å². The monoisotopic (exact) mass is 375 g/mol. The molecule has 0 aliphatic rings. The Balaban J connectivity index is 1.77. The van der Waals surface area contributed by atoms with E-state index in [1.165, 1.54) is 4.90 Å². The van der Waals surface area contributed by atoms with E-state index < -0.39 is 5.97 Å². The predicted molar refractivity (Wildman–Crippen MR) is 108 cm³/mol. The molecule has 3 aromatic rings. The molecule has 0 bridgehead atoms. The lowest BCUT2D eigenvalue weighted by molar-refractivity contribution is 0.0469. The summed E-state index contributed by atoms with van der Waals surface area (Å²) in [7, 11) is 3.26. The SMILES string of the molecule is COc1cccc(COC(=O)c2ccccc2C(=O)N(C)c2ccccc2)c1. The second-order valence-electron chi connectivity index (χ2n) is 6.17. The van der Waals surface area contributed by atoms with E-state index in [4.69, 9.17) is 9.47 Å². The number of esters is 1. The van der Waals surface area contributed by atoms with Crippen molar-refractivity contribution in [2.24, 2.45) is 0 Å². The van der Waals surface area contributed by atoms with Gasteiger partial charge in [-0.05, 0) is 42.0 Å². The van der Waals surface area contributed by atoms with Crippen LogP contribution in [0.4, 0.5) is 5.69 Å². The Morgan fingerprint density at radius 1 is 0.857 bits per heavy atom. The summed E-state index contributed by atoms with van der Waals surface area (Å²) < 4.78 is 10.6. The van der Waals surface area contributed by atoms with Crippen LogP contribution in [-0.4, -0.2) is 26.0 Å². The van der Waals surface area contributed by atoms with Crippen molar-refractivity contribution in [3.05, 3.63) is 95.6 Å². The number of methoxy groups -OCH3 is 1. The number of nitrogens with zero attached hydrogens (tertiary/aromatic N) is 1. The lowest BCUT2D eigenvalue weighted by Gasteiger charge is -2.18. The van der Waals surface area contributed by atoms with Crippen molar-refractivity contribution >= 4 is 17.6 Å². The van der Waals surface area contributed by atoms with E-state index in [0.29, 0.717) is 11.3 Å². The molecule has 3 aromatic carbocycles. The third-order valence-corrected chi connectivity index (χ3v) is 4.33. The molecule has 0 N–H and O–H groups in total. The van der Waals surface area contributed by atoms with E-state index in [0.717, 1.165) is 11.3 Å². The first kappa shape index (κ1) is 19.2. The van der Waals surface area contributed by atoms with E-state index in [-0.39, 0.29) is 18.1 Å². The molecule has 28 heavy (non-hydrogen) atoms. The quantitative estimate of drug-likeness (QED) is 0.602. The Bertz CT molecular complexity index is 969. The molecule has 5 heteroatoms. The van der Waals surface area contributed by atoms with Crippen molar-refractivity contribution in [3.63, 3.8) is 0 Å². The van der Waals surface area contributed by atoms with Gasteiger partial charge in [0.25, 0.3) is 5.91 Å². The van der Waals surface area contributed by atoms with Crippen molar-refractivity contribution in [2.75, 3.05) is 19.1 Å². The smallest absolute Gasteiger partial charge is 0.339 e. The predicted octanol–water partition coefficient (Wildman–Crippen LogP) is 4.33. The van der Waals surface area contributed by atoms with Gasteiger partial charge in [0.15, 0.2) is 0 Å². The number of hydrogen-bond donors (Lipinski definition) is 0. The third kappa shape index (κ3) is 4.38. The number of hydrogen-bond acceptors (Lipinski definition) is 4. The molecule has 0 atom stereocenters. The highest BCUT2D eigenvalue weighted by Gasteiger charge is 2.21. The molecule has 0 aliphatic carbocycles. The van der Waals surface area contributed by atoms with Gasteiger partial charge >= 0.3 is 5.97 Å². The number of carbonyl (C=O) groups is 2. The van der Waals surface area contributed by atoms with Gasteiger partial charge in [-0.3, -0.25) is 4.79 Å². The molecule has 3 rings (SSSR count). The molecular formula is C23H21NO4. The largest absolute Gasteiger partial charge is 0.497 e. The first-order valence-corrected chi connectivity index (χ1v) is 8.82. The van der Waals surface area contributed by atoms with Crippen LogP contribution in [0.2, 0.25) is 0 Å². The van der Waals surface area contributed by atoms with Crippen molar-refractivity contribution in [1.29, 1.82) is 0 Å². The van der Waals surface area contributed by atoms with Crippen LogP contribution in [0.5, 0.6) is 5.75 Å². The second kappa shape index (κ2) is 8.86. The van der Waals surface area contributed by atoms with Crippen molar-refractivity contribution < 1.29 is 19.1 Å². The van der Waals surface area contributed by atoms with Gasteiger partial charge in [-0.1, -0.05) is 42.5 Å². The van der Waals surface area contributed by atoms with Crippen LogP contribution in [0, 0.1) is 0 Å². The molecule has 0 heterocycles. The van der Waals surface area contributed by atoms with Gasteiger partial charge in [-0.2, -0.15) is 0 Å². The lowest BCUT2D eigenvalue weighted by atomic mass is 10.1. The first-order chi connectivity index (χ1) is 13.6. The number of rotatable bonds is 6. The Hall–Kier alpha value is -3.60. The van der Waals surface area contributed by atoms with Crippen molar-refractivity contribution in [3.8, 4) is 5.75 Å². The number of anilines is 1. The molecule has 0 unspecified atom stereocenters. The van der Waals surface area contributed by atoms with Crippen molar-refractivity contribution in [2.45, 2.75) is 6.61 Å². The molecular weight excluding hydrogens is 354 g/mol. The normalized spacial score (nSPS) is 10.2. The Kier molecular flexibility index (Phi) is 6.07. The topological polar surface area (TPSA) is 55.8 Å². The van der Waals surface area contributed by atoms with E-state index in [1.807, 2.05) is 48.5 Å². The Morgan fingerprint density at radius 2 is 1.54 bits per heavy atom. The summed E-state index contributed by atoms with van der Waals surface area (Å²) in [5.74, 6) is -0.137. The van der Waals surface area contributed by atoms with Crippen LogP contribution in [-0.2, 0) is 11.3 Å². The minimum absolute atomic E-state index is 0.0904. The van der Waals surface area contributed by atoms with Gasteiger partial charge in [0.1, 0.15) is 12.4 Å². The zero-order valence-electron chi connectivity index (χ0n) is 15.8. The standard InChI is InChI=1S/C23H21NO4/c1-24(18-10-4-3-5-11-18)22(25)20-13-6-7-14-21(20)23(26)28-16-17-9-8-12-19(15-17)27-2/h3-15H,16H2,1-2H3. The van der Waals surface area contributed by atoms with Crippen LogP contribution in [0.25, 0.3) is 0 Å². The highest BCUT2D eigenvalue weighted by Crippen LogP contribution is 2.19. The second-order valence-corrected chi connectivity index (χ2v) is 6.17. The maximum absolute atomic E-state index is 12.9. The molecule has 0 saturated heterocycles. The summed E-state index contributed by atoms with van der Waals surface area (Å²) in [6.07, 6.45) is 0. The van der Waals surface area contributed by atoms with Gasteiger partial charge < -0.3 is 14.4 Å². The average Bonchev–Trinajstić information content (AvgIpc) is 2.77. The van der Waals surface area contributed by atoms with E-state index in [2.05, 4.69) is 0 Å². The first-order valence-electron chi connectivity index (χ1n) is 8.82. The van der Waals surface area contributed by atoms with E-state index >= 15 is 0 Å². The molecule has 1 amide bonds. The maximum Gasteiger partial charge on any atom is 0.339 e. The number of para-hydroxylation sites is 1. The molecule has 142 valence electrons. The zero-order chi connectivity index (χ0) is 19.9. The highest BCUT2D eigenvalue weighted by molar-refractivity contribution is 6.11. The van der Waals surface area contributed by atoms with Gasteiger partial charge in [0, 0.05) is 12.7 Å². The minimum atomic E-state index is -0.548. The fraction of sp³-hybridized carbons (Fsp3) is 0.130. The van der Waals surface area contributed by atoms with Gasteiger partial charge in [0.05, 0.1) is 18.2 Å². The summed E-state index contributed by atoms with van der Waals surface area (Å²) in [4.78, 5) is 27.1. The summed E-state index contributed by atoms with van der Waals surface area (Å²) in [6, 6.07) is 23.2. The fourth-order valence-corrected chi connectivity index (χ4v) is 2.79. The molecule has 0 spiro atoms. The van der Waals surface area contributed by atoms with Crippen LogP contribution < -0.4 is 9.64 Å². The third-order valence-electron chi connectivity index (χ3n) is 4.33. The Morgan fingerprint density at radius 3 is 2.25 bits per heavy atom. The highest BCUT2D eigenvalue weighted by atomic mass is 16.5. The lowest BCUT2D eigenvalue weighted by Crippen LogP contribution is -2.28. The van der Waals surface area contributed by atoms with Gasteiger partial charge in [-0.15, -0.1) is 0 Å². The summed E-state index contributed by atoms with van der Waals surface area (Å²) in [5.41, 5.74) is 2.08. The van der Waals surface area contributed by atoms with E-state index in [9.17, 15) is 9.59 Å².